The van der Waals surface area contributed by atoms with Crippen molar-refractivity contribution >= 4 is 27.5 Å². The van der Waals surface area contributed by atoms with Crippen LogP contribution in [0.2, 0.25) is 0 Å². The van der Waals surface area contributed by atoms with Crippen molar-refractivity contribution in [2.75, 3.05) is 18.9 Å². The number of benzene rings is 1. The van der Waals surface area contributed by atoms with E-state index in [0.29, 0.717) is 12.5 Å². The number of amides is 1. The molecule has 1 aromatic rings. The van der Waals surface area contributed by atoms with Crippen LogP contribution in [0, 0.1) is 18.8 Å². The Labute approximate surface area is 117 Å². The van der Waals surface area contributed by atoms with Crippen molar-refractivity contribution in [3.05, 3.63) is 28.2 Å². The van der Waals surface area contributed by atoms with Crippen molar-refractivity contribution in [1.29, 1.82) is 0 Å². The van der Waals surface area contributed by atoms with E-state index in [1.807, 2.05) is 32.2 Å². The molecule has 2 N–H and O–H groups in total. The van der Waals surface area contributed by atoms with Gasteiger partial charge in [0.1, 0.15) is 0 Å². The molecule has 0 saturated heterocycles. The smallest absolute Gasteiger partial charge is 0.229 e. The Morgan fingerprint density at radius 3 is 2.56 bits per heavy atom. The maximum atomic E-state index is 12.2. The van der Waals surface area contributed by atoms with Gasteiger partial charge in [0, 0.05) is 16.7 Å². The van der Waals surface area contributed by atoms with Gasteiger partial charge in [-0.05, 0) is 37.6 Å². The Morgan fingerprint density at radius 2 is 2.06 bits per heavy atom. The molecule has 0 spiro atoms. The maximum Gasteiger partial charge on any atom is 0.229 e. The van der Waals surface area contributed by atoms with Gasteiger partial charge in [-0.1, -0.05) is 35.8 Å². The number of carbonyl (C=O) groups excluding carboxylic acids is 1. The highest BCUT2D eigenvalue weighted by atomic mass is 79.9. The molecule has 0 aliphatic carbocycles. The van der Waals surface area contributed by atoms with Crippen molar-refractivity contribution in [2.45, 2.75) is 20.8 Å². The van der Waals surface area contributed by atoms with Crippen LogP contribution in [-0.4, -0.2) is 19.5 Å². The highest BCUT2D eigenvalue weighted by Gasteiger charge is 2.21. The zero-order chi connectivity index (χ0) is 13.7. The lowest BCUT2D eigenvalue weighted by molar-refractivity contribution is -0.120. The van der Waals surface area contributed by atoms with Crippen molar-refractivity contribution < 1.29 is 4.79 Å². The Bertz CT molecular complexity index is 418. The van der Waals surface area contributed by atoms with Crippen LogP contribution in [0.25, 0.3) is 0 Å². The fraction of sp³-hybridized carbons (Fsp3) is 0.500. The quantitative estimate of drug-likeness (QED) is 0.876. The molecule has 0 bridgehead atoms. The fourth-order valence-electron chi connectivity index (χ4n) is 1.76. The van der Waals surface area contributed by atoms with Crippen molar-refractivity contribution in [2.24, 2.45) is 11.8 Å². The van der Waals surface area contributed by atoms with E-state index >= 15 is 0 Å². The molecular weight excluding hydrogens is 292 g/mol. The molecule has 1 aromatic carbocycles. The molecular formula is C14H21BrN2O. The second-order valence-corrected chi connectivity index (χ2v) is 5.72. The summed E-state index contributed by atoms with van der Waals surface area (Å²) >= 11 is 3.47. The molecule has 0 radical (unpaired) electrons. The summed E-state index contributed by atoms with van der Waals surface area (Å²) in [5, 5.41) is 6.03. The van der Waals surface area contributed by atoms with Crippen LogP contribution in [0.1, 0.15) is 19.4 Å². The molecule has 1 rings (SSSR count). The summed E-state index contributed by atoms with van der Waals surface area (Å²) in [7, 11) is 1.87. The molecule has 0 aliphatic rings. The average molecular weight is 313 g/mol. The summed E-state index contributed by atoms with van der Waals surface area (Å²) in [6.07, 6.45) is 0. The van der Waals surface area contributed by atoms with E-state index in [4.69, 9.17) is 0 Å². The van der Waals surface area contributed by atoms with Crippen LogP contribution in [0.4, 0.5) is 5.69 Å². The van der Waals surface area contributed by atoms with Gasteiger partial charge in [-0.25, -0.2) is 0 Å². The number of hydrogen-bond donors (Lipinski definition) is 2. The van der Waals surface area contributed by atoms with Crippen LogP contribution in [0.5, 0.6) is 0 Å². The summed E-state index contributed by atoms with van der Waals surface area (Å²) in [5.74, 6) is 0.358. The molecule has 1 atom stereocenters. The van der Waals surface area contributed by atoms with Gasteiger partial charge in [-0.15, -0.1) is 0 Å². The molecule has 3 nitrogen and oxygen atoms in total. The monoisotopic (exact) mass is 312 g/mol. The number of nitrogens with one attached hydrogen (secondary N) is 2. The summed E-state index contributed by atoms with van der Waals surface area (Å²) < 4.78 is 1.01. The lowest BCUT2D eigenvalue weighted by atomic mass is 9.95. The van der Waals surface area contributed by atoms with E-state index in [0.717, 1.165) is 15.7 Å². The number of rotatable bonds is 5. The molecule has 0 heterocycles. The molecule has 1 unspecified atom stereocenters. The molecule has 18 heavy (non-hydrogen) atoms. The van der Waals surface area contributed by atoms with Crippen LogP contribution in [-0.2, 0) is 4.79 Å². The minimum atomic E-state index is -0.0184. The lowest BCUT2D eigenvalue weighted by Gasteiger charge is -2.20. The van der Waals surface area contributed by atoms with E-state index in [1.165, 1.54) is 0 Å². The highest BCUT2D eigenvalue weighted by molar-refractivity contribution is 9.10. The Kier molecular flexibility index (Phi) is 5.82. The van der Waals surface area contributed by atoms with E-state index in [1.54, 1.807) is 0 Å². The molecule has 100 valence electrons. The number of anilines is 1. The van der Waals surface area contributed by atoms with Crippen LogP contribution in [0.3, 0.4) is 0 Å². The van der Waals surface area contributed by atoms with Gasteiger partial charge in [0.25, 0.3) is 0 Å². The molecule has 4 heteroatoms. The second kappa shape index (κ2) is 6.90. The molecule has 0 fully saturated rings. The summed E-state index contributed by atoms with van der Waals surface area (Å²) in [6, 6.07) is 5.85. The normalized spacial score (nSPS) is 12.6. The van der Waals surface area contributed by atoms with Crippen molar-refractivity contribution in [1.82, 2.24) is 5.32 Å². The van der Waals surface area contributed by atoms with Crippen LogP contribution < -0.4 is 10.6 Å². The van der Waals surface area contributed by atoms with Gasteiger partial charge in [0.05, 0.1) is 5.92 Å². The van der Waals surface area contributed by atoms with Crippen LogP contribution in [0.15, 0.2) is 22.7 Å². The van der Waals surface area contributed by atoms with Crippen molar-refractivity contribution in [3.63, 3.8) is 0 Å². The van der Waals surface area contributed by atoms with E-state index in [2.05, 4.69) is 40.4 Å². The third-order valence-electron chi connectivity index (χ3n) is 3.00. The van der Waals surface area contributed by atoms with Crippen LogP contribution >= 0.6 is 15.9 Å². The largest absolute Gasteiger partial charge is 0.326 e. The SMILES string of the molecule is CNCC(C(=O)Nc1ccc(C)c(Br)c1)C(C)C. The number of carbonyl (C=O) groups is 1. The molecule has 0 aromatic heterocycles. The molecule has 1 amide bonds. The van der Waals surface area contributed by atoms with E-state index in [9.17, 15) is 4.79 Å². The zero-order valence-electron chi connectivity index (χ0n) is 11.4. The first-order chi connectivity index (χ1) is 8.45. The average Bonchev–Trinajstić information content (AvgIpc) is 2.30. The third kappa shape index (κ3) is 4.10. The number of aryl methyl sites for hydroxylation is 1. The summed E-state index contributed by atoms with van der Waals surface area (Å²) in [4.78, 5) is 12.2. The second-order valence-electron chi connectivity index (χ2n) is 4.86. The predicted octanol–water partition coefficient (Wildman–Crippen LogP) is 3.19. The van der Waals surface area contributed by atoms with Gasteiger partial charge in [-0.2, -0.15) is 0 Å². The first-order valence-corrected chi connectivity index (χ1v) is 6.96. The van der Waals surface area contributed by atoms with Gasteiger partial charge in [-0.3, -0.25) is 4.79 Å². The van der Waals surface area contributed by atoms with Gasteiger partial charge in [0.2, 0.25) is 5.91 Å². The Hall–Kier alpha value is -0.870. The Balaban J connectivity index is 2.76. The third-order valence-corrected chi connectivity index (χ3v) is 3.86. The van der Waals surface area contributed by atoms with Gasteiger partial charge in [0.15, 0.2) is 0 Å². The predicted molar refractivity (Wildman–Crippen MR) is 79.8 cm³/mol. The summed E-state index contributed by atoms with van der Waals surface area (Å²) in [5.41, 5.74) is 1.99. The van der Waals surface area contributed by atoms with E-state index in [-0.39, 0.29) is 11.8 Å². The minimum absolute atomic E-state index is 0.0184. The van der Waals surface area contributed by atoms with Crippen molar-refractivity contribution in [3.8, 4) is 0 Å². The van der Waals surface area contributed by atoms with E-state index < -0.39 is 0 Å². The highest BCUT2D eigenvalue weighted by Crippen LogP contribution is 2.21. The first kappa shape index (κ1) is 15.2. The number of halogens is 1. The summed E-state index contributed by atoms with van der Waals surface area (Å²) in [6.45, 7) is 6.84. The maximum absolute atomic E-state index is 12.2. The zero-order valence-corrected chi connectivity index (χ0v) is 13.0. The standard InChI is InChI=1S/C14H21BrN2O/c1-9(2)12(8-16-4)14(18)17-11-6-5-10(3)13(15)7-11/h5-7,9,12,16H,8H2,1-4H3,(H,17,18). The molecule has 0 aliphatic heterocycles. The Morgan fingerprint density at radius 1 is 1.39 bits per heavy atom. The first-order valence-electron chi connectivity index (χ1n) is 6.17. The fourth-order valence-corrected chi connectivity index (χ4v) is 2.14. The topological polar surface area (TPSA) is 41.1 Å². The minimum Gasteiger partial charge on any atom is -0.326 e. The van der Waals surface area contributed by atoms with Gasteiger partial charge < -0.3 is 10.6 Å². The van der Waals surface area contributed by atoms with Gasteiger partial charge >= 0.3 is 0 Å². The lowest BCUT2D eigenvalue weighted by Crippen LogP contribution is -2.34. The number of hydrogen-bond acceptors (Lipinski definition) is 2. The molecule has 0 saturated carbocycles.